The third kappa shape index (κ3) is 5.48. The van der Waals surface area contributed by atoms with Crippen molar-refractivity contribution < 1.29 is 14.5 Å². The molecule has 1 aromatic heterocycles. The van der Waals surface area contributed by atoms with Crippen molar-refractivity contribution in [2.24, 2.45) is 5.92 Å². The van der Waals surface area contributed by atoms with Crippen molar-refractivity contribution in [1.29, 1.82) is 0 Å². The molecule has 1 amide bonds. The second-order valence-electron chi connectivity index (χ2n) is 10.0. The van der Waals surface area contributed by atoms with Crippen molar-refractivity contribution in [2.45, 2.75) is 45.1 Å². The monoisotopic (exact) mass is 474 g/mol. The van der Waals surface area contributed by atoms with Gasteiger partial charge in [0.05, 0.1) is 5.69 Å². The molecule has 1 saturated carbocycles. The molecule has 3 aromatic rings. The normalized spacial score (nSPS) is 20.0. The minimum atomic E-state index is -0.461. The molecule has 2 aliphatic rings. The van der Waals surface area contributed by atoms with Crippen molar-refractivity contribution >= 4 is 5.91 Å². The first-order valence-corrected chi connectivity index (χ1v) is 12.5. The highest BCUT2D eigenvalue weighted by Crippen LogP contribution is 2.41. The Hall–Kier alpha value is -3.00. The molecule has 2 heterocycles. The van der Waals surface area contributed by atoms with Crippen LogP contribution in [0.2, 0.25) is 0 Å². The summed E-state index contributed by atoms with van der Waals surface area (Å²) < 4.78 is 5.31. The maximum absolute atomic E-state index is 11.6. The molecule has 2 aromatic carbocycles. The number of hydroxylamine groups is 1. The molecule has 0 spiro atoms. The van der Waals surface area contributed by atoms with E-state index in [-0.39, 0.29) is 0 Å². The lowest BCUT2D eigenvalue weighted by molar-refractivity contribution is 0.0706. The number of benzene rings is 2. The smallest absolute Gasteiger partial charge is 0.274 e. The fraction of sp³-hybridized carbons (Fsp3) is 0.429. The first-order valence-electron chi connectivity index (χ1n) is 12.5. The summed E-state index contributed by atoms with van der Waals surface area (Å²) in [4.78, 5) is 14.1. The van der Waals surface area contributed by atoms with Crippen LogP contribution in [-0.4, -0.2) is 53.4 Å². The van der Waals surface area contributed by atoms with Crippen molar-refractivity contribution in [2.75, 3.05) is 26.2 Å². The number of rotatable bonds is 10. The van der Waals surface area contributed by atoms with E-state index in [9.17, 15) is 4.79 Å². The predicted molar refractivity (Wildman–Crippen MR) is 135 cm³/mol. The van der Waals surface area contributed by atoms with Gasteiger partial charge in [-0.25, -0.2) is 5.48 Å². The average Bonchev–Trinajstić information content (AvgIpc) is 3.55. The fourth-order valence-corrected chi connectivity index (χ4v) is 5.33. The summed E-state index contributed by atoms with van der Waals surface area (Å²) in [5, 5.41) is 16.6. The largest absolute Gasteiger partial charge is 0.361 e. The molecule has 1 aliphatic heterocycles. The zero-order chi connectivity index (χ0) is 24.4. The van der Waals surface area contributed by atoms with E-state index < -0.39 is 5.91 Å². The lowest BCUT2D eigenvalue weighted by Gasteiger charge is -2.39. The average molecular weight is 475 g/mol. The van der Waals surface area contributed by atoms with Gasteiger partial charge in [0.2, 0.25) is 0 Å². The Balaban J connectivity index is 0.992. The predicted octanol–water partition coefficient (Wildman–Crippen LogP) is 4.09. The minimum absolute atomic E-state index is 0.461. The lowest BCUT2D eigenvalue weighted by atomic mass is 9.98. The topological polar surface area (TPSA) is 90.6 Å². The molecule has 7 heteroatoms. The summed E-state index contributed by atoms with van der Waals surface area (Å²) in [6.45, 7) is 8.43. The second kappa shape index (κ2) is 10.3. The van der Waals surface area contributed by atoms with Gasteiger partial charge in [0.1, 0.15) is 5.76 Å². The molecule has 0 radical (unpaired) electrons. The first-order chi connectivity index (χ1) is 17.0. The number of hydrogen-bond acceptors (Lipinski definition) is 6. The van der Waals surface area contributed by atoms with Crippen LogP contribution in [0.15, 0.2) is 53.1 Å². The van der Waals surface area contributed by atoms with E-state index in [1.807, 2.05) is 32.0 Å². The van der Waals surface area contributed by atoms with E-state index in [2.05, 4.69) is 39.6 Å². The highest BCUT2D eigenvalue weighted by Gasteiger charge is 2.39. The summed E-state index contributed by atoms with van der Waals surface area (Å²) in [5.74, 6) is 1.76. The lowest BCUT2D eigenvalue weighted by Crippen LogP contribution is -2.51. The van der Waals surface area contributed by atoms with Crippen molar-refractivity contribution in [1.82, 2.24) is 20.9 Å². The van der Waals surface area contributed by atoms with E-state index in [1.165, 1.54) is 17.5 Å². The van der Waals surface area contributed by atoms with Crippen LogP contribution < -0.4 is 10.8 Å². The van der Waals surface area contributed by atoms with E-state index in [4.69, 9.17) is 9.73 Å². The standard InChI is InChI=1S/C28H34N4O3/c1-18-27(19(2)35-31-18)23-10-8-22(9-11-23)25-14-26(25)29-15-21-16-32(17-21)12-4-6-20-5-3-7-24(13-20)28(33)30-34/h3,5,7-11,13,21,25-26,29,34H,4,6,12,14-17H2,1-2H3,(H,30,33). The summed E-state index contributed by atoms with van der Waals surface area (Å²) in [7, 11) is 0. The van der Waals surface area contributed by atoms with Gasteiger partial charge in [0, 0.05) is 42.7 Å². The summed E-state index contributed by atoms with van der Waals surface area (Å²) >= 11 is 0. The number of hydrogen-bond donors (Lipinski definition) is 3. The molecule has 35 heavy (non-hydrogen) atoms. The van der Waals surface area contributed by atoms with Crippen LogP contribution in [-0.2, 0) is 6.42 Å². The number of aryl methyl sites for hydroxylation is 3. The van der Waals surface area contributed by atoms with Crippen LogP contribution in [0.1, 0.15) is 51.7 Å². The number of carbonyl (C=O) groups is 1. The van der Waals surface area contributed by atoms with Gasteiger partial charge >= 0.3 is 0 Å². The van der Waals surface area contributed by atoms with Gasteiger partial charge in [-0.3, -0.25) is 10.0 Å². The van der Waals surface area contributed by atoms with E-state index in [1.54, 1.807) is 11.5 Å². The van der Waals surface area contributed by atoms with Crippen LogP contribution in [0.3, 0.4) is 0 Å². The molecule has 2 unspecified atom stereocenters. The van der Waals surface area contributed by atoms with Gasteiger partial charge in [-0.1, -0.05) is 41.6 Å². The number of likely N-dealkylation sites (tertiary alicyclic amines) is 1. The van der Waals surface area contributed by atoms with Crippen LogP contribution in [0.5, 0.6) is 0 Å². The highest BCUT2D eigenvalue weighted by atomic mass is 16.5. The minimum Gasteiger partial charge on any atom is -0.361 e. The van der Waals surface area contributed by atoms with Crippen LogP contribution >= 0.6 is 0 Å². The van der Waals surface area contributed by atoms with Gasteiger partial charge in [-0.05, 0) is 74.4 Å². The van der Waals surface area contributed by atoms with Gasteiger partial charge < -0.3 is 14.7 Å². The Bertz CT molecular complexity index is 1150. The quantitative estimate of drug-likeness (QED) is 0.303. The molecular weight excluding hydrogens is 440 g/mol. The summed E-state index contributed by atoms with van der Waals surface area (Å²) in [6, 6.07) is 17.0. The van der Waals surface area contributed by atoms with Gasteiger partial charge in [-0.15, -0.1) is 0 Å². The Morgan fingerprint density at radius 2 is 1.97 bits per heavy atom. The molecule has 184 valence electrons. The Kier molecular flexibility index (Phi) is 7.00. The Morgan fingerprint density at radius 3 is 2.69 bits per heavy atom. The zero-order valence-electron chi connectivity index (χ0n) is 20.5. The molecule has 7 nitrogen and oxygen atoms in total. The number of amides is 1. The molecule has 2 fully saturated rings. The number of nitrogens with zero attached hydrogens (tertiary/aromatic N) is 2. The summed E-state index contributed by atoms with van der Waals surface area (Å²) in [5.41, 5.74) is 7.96. The van der Waals surface area contributed by atoms with E-state index in [0.717, 1.165) is 67.5 Å². The highest BCUT2D eigenvalue weighted by molar-refractivity contribution is 5.93. The van der Waals surface area contributed by atoms with Crippen molar-refractivity contribution in [3.05, 3.63) is 76.7 Å². The zero-order valence-corrected chi connectivity index (χ0v) is 20.5. The first kappa shape index (κ1) is 23.7. The van der Waals surface area contributed by atoms with Crippen molar-refractivity contribution in [3.8, 4) is 11.1 Å². The Morgan fingerprint density at radius 1 is 1.17 bits per heavy atom. The van der Waals surface area contributed by atoms with Gasteiger partial charge in [0.25, 0.3) is 5.91 Å². The van der Waals surface area contributed by atoms with E-state index >= 15 is 0 Å². The molecule has 3 N–H and O–H groups in total. The van der Waals surface area contributed by atoms with Crippen LogP contribution in [0, 0.1) is 19.8 Å². The molecule has 0 bridgehead atoms. The van der Waals surface area contributed by atoms with E-state index in [0.29, 0.717) is 17.5 Å². The second-order valence-corrected chi connectivity index (χ2v) is 10.0. The van der Waals surface area contributed by atoms with Gasteiger partial charge in [0.15, 0.2) is 0 Å². The molecule has 5 rings (SSSR count). The molecular formula is C28H34N4O3. The fourth-order valence-electron chi connectivity index (χ4n) is 5.33. The molecule has 1 aliphatic carbocycles. The maximum atomic E-state index is 11.6. The number of carbonyl (C=O) groups excluding carboxylic acids is 1. The Labute approximate surface area is 206 Å². The van der Waals surface area contributed by atoms with Crippen LogP contribution in [0.4, 0.5) is 0 Å². The SMILES string of the molecule is Cc1noc(C)c1-c1ccc(C2CC2NCC2CN(CCCc3cccc(C(=O)NO)c3)C2)cc1. The molecule has 1 saturated heterocycles. The number of nitrogens with one attached hydrogen (secondary N) is 2. The summed E-state index contributed by atoms with van der Waals surface area (Å²) in [6.07, 6.45) is 3.22. The third-order valence-corrected chi connectivity index (χ3v) is 7.38. The van der Waals surface area contributed by atoms with Gasteiger partial charge in [-0.2, -0.15) is 0 Å². The number of aromatic nitrogens is 1. The van der Waals surface area contributed by atoms with Crippen molar-refractivity contribution in [3.63, 3.8) is 0 Å². The maximum Gasteiger partial charge on any atom is 0.274 e. The van der Waals surface area contributed by atoms with Crippen LogP contribution in [0.25, 0.3) is 11.1 Å². The third-order valence-electron chi connectivity index (χ3n) is 7.38. The molecule has 2 atom stereocenters.